The molecule has 1 aromatic carbocycles. The number of fused-ring (bicyclic) bond motifs is 1. The molecule has 1 saturated carbocycles. The maximum absolute atomic E-state index is 13.6. The van der Waals surface area contributed by atoms with Gasteiger partial charge in [-0.25, -0.2) is 13.2 Å². The van der Waals surface area contributed by atoms with Gasteiger partial charge in [-0.2, -0.15) is 9.61 Å². The van der Waals surface area contributed by atoms with Gasteiger partial charge in [0, 0.05) is 5.92 Å². The van der Waals surface area contributed by atoms with Gasteiger partial charge in [0.2, 0.25) is 4.96 Å². The molecule has 2 heterocycles. The van der Waals surface area contributed by atoms with Crippen molar-refractivity contribution in [1.82, 2.24) is 25.1 Å². The summed E-state index contributed by atoms with van der Waals surface area (Å²) in [7, 11) is 0. The number of rotatable bonds is 4. The highest BCUT2D eigenvalue weighted by atomic mass is 32.1. The number of carbonyl (C=O) groups is 1. The normalized spacial score (nSPS) is 14.3. The summed E-state index contributed by atoms with van der Waals surface area (Å²) in [5.41, 5.74) is -0.560. The van der Waals surface area contributed by atoms with Crippen LogP contribution in [0.15, 0.2) is 12.1 Å². The first-order valence-corrected chi connectivity index (χ1v) is 7.99. The largest absolute Gasteiger partial charge is 0.345 e. The van der Waals surface area contributed by atoms with Gasteiger partial charge < -0.3 is 5.32 Å². The number of aromatic nitrogens is 4. The third-order valence-corrected chi connectivity index (χ3v) is 4.58. The highest BCUT2D eigenvalue weighted by Gasteiger charge is 2.30. The molecule has 10 heteroatoms. The molecule has 6 nitrogen and oxygen atoms in total. The fourth-order valence-corrected chi connectivity index (χ4v) is 3.07. The lowest BCUT2D eigenvalue weighted by Gasteiger charge is -2.05. The Morgan fingerprint density at radius 1 is 1.25 bits per heavy atom. The number of nitrogens with one attached hydrogen (secondary N) is 1. The van der Waals surface area contributed by atoms with Crippen molar-refractivity contribution in [1.29, 1.82) is 0 Å². The summed E-state index contributed by atoms with van der Waals surface area (Å²) in [5, 5.41) is 15.4. The van der Waals surface area contributed by atoms with Crippen molar-refractivity contribution in [2.24, 2.45) is 0 Å². The van der Waals surface area contributed by atoms with E-state index in [1.165, 1.54) is 11.3 Å². The first-order chi connectivity index (χ1) is 11.5. The maximum atomic E-state index is 13.6. The predicted octanol–water partition coefficient (Wildman–Crippen LogP) is 2.41. The molecule has 1 aliphatic rings. The molecule has 1 fully saturated rings. The van der Waals surface area contributed by atoms with Crippen LogP contribution in [0.3, 0.4) is 0 Å². The zero-order valence-electron chi connectivity index (χ0n) is 12.1. The van der Waals surface area contributed by atoms with E-state index in [2.05, 4.69) is 20.6 Å². The van der Waals surface area contributed by atoms with Gasteiger partial charge in [-0.05, 0) is 25.0 Å². The smallest absolute Gasteiger partial charge is 0.254 e. The van der Waals surface area contributed by atoms with Crippen molar-refractivity contribution in [3.8, 4) is 0 Å². The van der Waals surface area contributed by atoms with E-state index in [0.29, 0.717) is 22.0 Å². The van der Waals surface area contributed by atoms with Gasteiger partial charge in [-0.15, -0.1) is 10.2 Å². The number of amides is 1. The number of halogens is 3. The van der Waals surface area contributed by atoms with Crippen molar-refractivity contribution < 1.29 is 18.0 Å². The van der Waals surface area contributed by atoms with E-state index in [1.807, 2.05) is 0 Å². The van der Waals surface area contributed by atoms with Gasteiger partial charge in [0.1, 0.15) is 5.01 Å². The lowest BCUT2D eigenvalue weighted by atomic mass is 10.2. The van der Waals surface area contributed by atoms with E-state index in [-0.39, 0.29) is 6.54 Å². The fraction of sp³-hybridized carbons (Fsp3) is 0.286. The van der Waals surface area contributed by atoms with Crippen LogP contribution in [0.5, 0.6) is 0 Å². The molecule has 0 spiro atoms. The highest BCUT2D eigenvalue weighted by Crippen LogP contribution is 2.39. The molecule has 2 aromatic heterocycles. The standard InChI is InChI=1S/C14H10F3N5OS/c15-8-4-3-7(10(16)11(8)17)13(23)18-5-9-21-22-12(6-1-2-6)19-20-14(22)24-9/h3-4,6H,1-2,5H2,(H,18,23). The summed E-state index contributed by atoms with van der Waals surface area (Å²) < 4.78 is 41.3. The van der Waals surface area contributed by atoms with Gasteiger partial charge in [-0.3, -0.25) is 4.79 Å². The molecule has 3 aromatic rings. The summed E-state index contributed by atoms with van der Waals surface area (Å²) in [4.78, 5) is 12.6. The molecule has 0 radical (unpaired) electrons. The molecule has 124 valence electrons. The summed E-state index contributed by atoms with van der Waals surface area (Å²) in [6, 6.07) is 1.60. The van der Waals surface area contributed by atoms with Crippen molar-refractivity contribution in [2.45, 2.75) is 25.3 Å². The van der Waals surface area contributed by atoms with Crippen LogP contribution in [0.25, 0.3) is 4.96 Å². The zero-order chi connectivity index (χ0) is 16.8. The van der Waals surface area contributed by atoms with Crippen LogP contribution >= 0.6 is 11.3 Å². The van der Waals surface area contributed by atoms with Crippen LogP contribution < -0.4 is 5.32 Å². The molecule has 1 N–H and O–H groups in total. The monoisotopic (exact) mass is 353 g/mol. The van der Waals surface area contributed by atoms with Gasteiger partial charge in [0.05, 0.1) is 12.1 Å². The van der Waals surface area contributed by atoms with E-state index in [0.717, 1.165) is 24.7 Å². The van der Waals surface area contributed by atoms with E-state index in [1.54, 1.807) is 4.52 Å². The second-order valence-corrected chi connectivity index (χ2v) is 6.47. The topological polar surface area (TPSA) is 72.2 Å². The first-order valence-electron chi connectivity index (χ1n) is 7.17. The van der Waals surface area contributed by atoms with Crippen molar-refractivity contribution in [3.63, 3.8) is 0 Å². The lowest BCUT2D eigenvalue weighted by molar-refractivity contribution is 0.0945. The Kier molecular flexibility index (Phi) is 3.48. The Morgan fingerprint density at radius 3 is 2.79 bits per heavy atom. The first kappa shape index (κ1) is 15.1. The molecule has 0 saturated heterocycles. The number of benzene rings is 1. The molecular formula is C14H10F3N5OS. The SMILES string of the molecule is O=C(NCc1nn2c(C3CC3)nnc2s1)c1ccc(F)c(F)c1F. The summed E-state index contributed by atoms with van der Waals surface area (Å²) >= 11 is 1.25. The van der Waals surface area contributed by atoms with Gasteiger partial charge in [0.25, 0.3) is 5.91 Å². The Hall–Kier alpha value is -2.49. The van der Waals surface area contributed by atoms with E-state index in [9.17, 15) is 18.0 Å². The van der Waals surface area contributed by atoms with Gasteiger partial charge in [-0.1, -0.05) is 11.3 Å². The Bertz CT molecular complexity index is 949. The number of hydrogen-bond donors (Lipinski definition) is 1. The van der Waals surface area contributed by atoms with E-state index < -0.39 is 28.9 Å². The molecule has 0 bridgehead atoms. The van der Waals surface area contributed by atoms with Crippen LogP contribution in [0.4, 0.5) is 13.2 Å². The fourth-order valence-electron chi connectivity index (χ4n) is 2.29. The second kappa shape index (κ2) is 5.55. The minimum absolute atomic E-state index is 0.0232. The predicted molar refractivity (Wildman–Crippen MR) is 78.1 cm³/mol. The molecule has 24 heavy (non-hydrogen) atoms. The Balaban J connectivity index is 1.50. The molecule has 4 rings (SSSR count). The average Bonchev–Trinajstić information content (AvgIpc) is 3.20. The molecular weight excluding hydrogens is 343 g/mol. The van der Waals surface area contributed by atoms with Gasteiger partial charge >= 0.3 is 0 Å². The Morgan fingerprint density at radius 2 is 2.04 bits per heavy atom. The Labute approximate surface area is 137 Å². The number of carbonyl (C=O) groups excluding carboxylic acids is 1. The van der Waals surface area contributed by atoms with Crippen LogP contribution in [0.1, 0.15) is 39.9 Å². The molecule has 0 aliphatic heterocycles. The average molecular weight is 353 g/mol. The summed E-state index contributed by atoms with van der Waals surface area (Å²) in [5.74, 6) is -4.20. The molecule has 0 unspecified atom stereocenters. The summed E-state index contributed by atoms with van der Waals surface area (Å²) in [6.07, 6.45) is 2.11. The minimum atomic E-state index is -1.67. The van der Waals surface area contributed by atoms with E-state index in [4.69, 9.17) is 0 Å². The quantitative estimate of drug-likeness (QED) is 0.731. The number of nitrogens with zero attached hydrogens (tertiary/aromatic N) is 4. The maximum Gasteiger partial charge on any atom is 0.254 e. The molecule has 0 atom stereocenters. The van der Waals surface area contributed by atoms with Crippen LogP contribution in [-0.2, 0) is 6.54 Å². The minimum Gasteiger partial charge on any atom is -0.345 e. The van der Waals surface area contributed by atoms with E-state index >= 15 is 0 Å². The van der Waals surface area contributed by atoms with Crippen molar-refractivity contribution in [3.05, 3.63) is 46.0 Å². The third kappa shape index (κ3) is 2.52. The lowest BCUT2D eigenvalue weighted by Crippen LogP contribution is -2.24. The van der Waals surface area contributed by atoms with Crippen LogP contribution in [0, 0.1) is 17.5 Å². The molecule has 1 amide bonds. The highest BCUT2D eigenvalue weighted by molar-refractivity contribution is 7.16. The van der Waals surface area contributed by atoms with Crippen molar-refractivity contribution in [2.75, 3.05) is 0 Å². The second-order valence-electron chi connectivity index (χ2n) is 5.43. The third-order valence-electron chi connectivity index (χ3n) is 3.68. The van der Waals surface area contributed by atoms with Crippen LogP contribution in [-0.4, -0.2) is 25.7 Å². The molecule has 1 aliphatic carbocycles. The zero-order valence-corrected chi connectivity index (χ0v) is 12.9. The number of hydrogen-bond acceptors (Lipinski definition) is 5. The van der Waals surface area contributed by atoms with Crippen molar-refractivity contribution >= 4 is 22.2 Å². The summed E-state index contributed by atoms with van der Waals surface area (Å²) in [6.45, 7) is 0.0232. The van der Waals surface area contributed by atoms with Crippen LogP contribution in [0.2, 0.25) is 0 Å². The van der Waals surface area contributed by atoms with Gasteiger partial charge in [0.15, 0.2) is 23.3 Å².